The van der Waals surface area contributed by atoms with Gasteiger partial charge in [0.05, 0.1) is 17.1 Å². The molecule has 0 radical (unpaired) electrons. The Morgan fingerprint density at radius 2 is 1.32 bits per heavy atom. The average molecular weight is 407 g/mol. The molecule has 0 amide bonds. The van der Waals surface area contributed by atoms with Gasteiger partial charge < -0.3 is 5.11 Å². The molecule has 0 saturated carbocycles. The molecule has 6 nitrogen and oxygen atoms in total. The molecule has 0 unspecified atom stereocenters. The van der Waals surface area contributed by atoms with E-state index in [0.717, 1.165) is 20.4 Å². The molecule has 1 aromatic heterocycles. The summed E-state index contributed by atoms with van der Waals surface area (Å²) in [6.45, 7) is 0. The Morgan fingerprint density at radius 1 is 0.742 bits per heavy atom. The number of nitrogens with zero attached hydrogens (tertiary/aromatic N) is 3. The first-order chi connectivity index (χ1) is 15.1. The van der Waals surface area contributed by atoms with Crippen LogP contribution in [0.3, 0.4) is 0 Å². The molecule has 1 aliphatic rings. The van der Waals surface area contributed by atoms with Gasteiger partial charge >= 0.3 is 5.69 Å². The van der Waals surface area contributed by atoms with Crippen molar-refractivity contribution in [2.24, 2.45) is 4.99 Å². The van der Waals surface area contributed by atoms with Gasteiger partial charge in [-0.1, -0.05) is 54.6 Å². The van der Waals surface area contributed by atoms with E-state index in [1.165, 1.54) is 0 Å². The number of aromatic hydroxyl groups is 1. The Balaban J connectivity index is 1.84. The van der Waals surface area contributed by atoms with E-state index in [9.17, 15) is 14.7 Å². The molecule has 0 spiro atoms. The van der Waals surface area contributed by atoms with Crippen LogP contribution < -0.4 is 11.2 Å². The van der Waals surface area contributed by atoms with Crippen LogP contribution in [0.5, 0.6) is 5.88 Å². The molecule has 0 bridgehead atoms. The highest BCUT2D eigenvalue weighted by Crippen LogP contribution is 2.33. The molecule has 0 saturated heterocycles. The third-order valence-electron chi connectivity index (χ3n) is 5.16. The summed E-state index contributed by atoms with van der Waals surface area (Å²) in [5.74, 6) is -0.418. The minimum atomic E-state index is -0.650. The molecular formula is C25H17N3O3. The molecule has 2 heterocycles. The summed E-state index contributed by atoms with van der Waals surface area (Å²) >= 11 is 0. The van der Waals surface area contributed by atoms with Crippen molar-refractivity contribution in [3.05, 3.63) is 117 Å². The maximum absolute atomic E-state index is 13.4. The smallest absolute Gasteiger partial charge is 0.343 e. The zero-order valence-corrected chi connectivity index (χ0v) is 16.3. The fourth-order valence-corrected chi connectivity index (χ4v) is 3.66. The van der Waals surface area contributed by atoms with Crippen LogP contribution in [0.1, 0.15) is 11.1 Å². The van der Waals surface area contributed by atoms with Crippen LogP contribution in [-0.4, -0.2) is 20.5 Å². The molecule has 150 valence electrons. The van der Waals surface area contributed by atoms with Crippen LogP contribution in [0.4, 0.5) is 5.69 Å². The maximum atomic E-state index is 13.4. The summed E-state index contributed by atoms with van der Waals surface area (Å²) in [5, 5.41) is 11.0. The number of hydrogen-bond donors (Lipinski definition) is 1. The summed E-state index contributed by atoms with van der Waals surface area (Å²) in [4.78, 5) is 31.1. The first-order valence-corrected chi connectivity index (χ1v) is 9.72. The van der Waals surface area contributed by atoms with Gasteiger partial charge in [-0.2, -0.15) is 0 Å². The van der Waals surface area contributed by atoms with Gasteiger partial charge in [0.25, 0.3) is 5.56 Å². The molecule has 0 aliphatic carbocycles. The largest absolute Gasteiger partial charge is 0.494 e. The summed E-state index contributed by atoms with van der Waals surface area (Å²) in [7, 11) is 0. The van der Waals surface area contributed by atoms with E-state index >= 15 is 0 Å². The summed E-state index contributed by atoms with van der Waals surface area (Å²) in [6.07, 6.45) is 3.22. The second kappa shape index (κ2) is 7.42. The lowest BCUT2D eigenvalue weighted by Gasteiger charge is -2.15. The summed E-state index contributed by atoms with van der Waals surface area (Å²) in [5.41, 5.74) is 1.94. The summed E-state index contributed by atoms with van der Waals surface area (Å²) < 4.78 is 2.20. The van der Waals surface area contributed by atoms with Crippen LogP contribution in [0.2, 0.25) is 0 Å². The van der Waals surface area contributed by atoms with Crippen LogP contribution in [0.25, 0.3) is 23.0 Å². The van der Waals surface area contributed by atoms with Crippen molar-refractivity contribution in [2.45, 2.75) is 0 Å². The monoisotopic (exact) mass is 407 g/mol. The standard InChI is InChI=1S/C25H17N3O3/c29-23-21(15-17-16-26-22-14-8-7-13-20(17)22)24(30)28(19-11-5-2-6-12-19)25(31)27(23)18-9-3-1-4-10-18/h1-16,29H/b17-15+. The van der Waals surface area contributed by atoms with Gasteiger partial charge in [-0.3, -0.25) is 9.79 Å². The lowest BCUT2D eigenvalue weighted by atomic mass is 10.1. The highest BCUT2D eigenvalue weighted by atomic mass is 16.3. The Hall–Kier alpha value is -4.45. The number of aromatic nitrogens is 2. The Kier molecular flexibility index (Phi) is 4.45. The van der Waals surface area contributed by atoms with Crippen molar-refractivity contribution >= 4 is 23.6 Å². The minimum Gasteiger partial charge on any atom is -0.494 e. The molecule has 4 aromatic rings. The zero-order chi connectivity index (χ0) is 21.4. The van der Waals surface area contributed by atoms with Gasteiger partial charge in [0.15, 0.2) is 0 Å². The van der Waals surface area contributed by atoms with Crippen molar-refractivity contribution in [1.82, 2.24) is 9.13 Å². The van der Waals surface area contributed by atoms with Gasteiger partial charge in [-0.05, 0) is 36.4 Å². The molecule has 0 atom stereocenters. The minimum absolute atomic E-state index is 0.00505. The molecule has 31 heavy (non-hydrogen) atoms. The fraction of sp³-hybridized carbons (Fsp3) is 0. The lowest BCUT2D eigenvalue weighted by molar-refractivity contribution is 0.426. The lowest BCUT2D eigenvalue weighted by Crippen LogP contribution is -2.39. The molecule has 5 rings (SSSR count). The van der Waals surface area contributed by atoms with Crippen LogP contribution >= 0.6 is 0 Å². The van der Waals surface area contributed by atoms with Crippen molar-refractivity contribution in [2.75, 3.05) is 0 Å². The van der Waals surface area contributed by atoms with E-state index in [-0.39, 0.29) is 5.56 Å². The highest BCUT2D eigenvalue weighted by molar-refractivity contribution is 6.21. The average Bonchev–Trinajstić information content (AvgIpc) is 3.21. The second-order valence-electron chi connectivity index (χ2n) is 7.04. The first-order valence-electron chi connectivity index (χ1n) is 9.72. The van der Waals surface area contributed by atoms with Crippen LogP contribution in [0.15, 0.2) is 99.5 Å². The number of rotatable bonds is 3. The van der Waals surface area contributed by atoms with Gasteiger partial charge in [0, 0.05) is 17.4 Å². The molecule has 1 N–H and O–H groups in total. The predicted molar refractivity (Wildman–Crippen MR) is 122 cm³/mol. The predicted octanol–water partition coefficient (Wildman–Crippen LogP) is 3.95. The number of hydrogen-bond acceptors (Lipinski definition) is 4. The van der Waals surface area contributed by atoms with E-state index < -0.39 is 17.1 Å². The third-order valence-corrected chi connectivity index (χ3v) is 5.16. The molecule has 0 fully saturated rings. The van der Waals surface area contributed by atoms with Crippen LogP contribution in [0, 0.1) is 0 Å². The van der Waals surface area contributed by atoms with E-state index in [2.05, 4.69) is 4.99 Å². The third kappa shape index (κ3) is 3.11. The normalized spacial score (nSPS) is 13.5. The van der Waals surface area contributed by atoms with Crippen molar-refractivity contribution in [3.63, 3.8) is 0 Å². The van der Waals surface area contributed by atoms with E-state index in [1.54, 1.807) is 66.9 Å². The van der Waals surface area contributed by atoms with Gasteiger partial charge in [0.1, 0.15) is 5.56 Å². The van der Waals surface area contributed by atoms with Gasteiger partial charge in [0.2, 0.25) is 5.88 Å². The van der Waals surface area contributed by atoms with Crippen molar-refractivity contribution in [1.29, 1.82) is 0 Å². The Labute approximate surface area is 177 Å². The molecular weight excluding hydrogens is 390 g/mol. The number of benzene rings is 3. The van der Waals surface area contributed by atoms with Crippen LogP contribution in [-0.2, 0) is 0 Å². The highest BCUT2D eigenvalue weighted by Gasteiger charge is 2.21. The zero-order valence-electron chi connectivity index (χ0n) is 16.3. The van der Waals surface area contributed by atoms with E-state index in [1.807, 2.05) is 30.3 Å². The molecule has 6 heteroatoms. The van der Waals surface area contributed by atoms with Crippen molar-refractivity contribution in [3.8, 4) is 17.3 Å². The Morgan fingerprint density at radius 3 is 2.00 bits per heavy atom. The fourth-order valence-electron chi connectivity index (χ4n) is 3.66. The number of para-hydroxylation sites is 3. The summed E-state index contributed by atoms with van der Waals surface area (Å²) in [6, 6.07) is 24.9. The van der Waals surface area contributed by atoms with Gasteiger partial charge in [-0.25, -0.2) is 13.9 Å². The molecule has 1 aliphatic heterocycles. The topological polar surface area (TPSA) is 76.6 Å². The second-order valence-corrected chi connectivity index (χ2v) is 7.04. The maximum Gasteiger partial charge on any atom is 0.343 e. The SMILES string of the molecule is O=c1c(/C=C2\C=Nc3ccccc32)c(O)n(-c2ccccc2)c(=O)n1-c1ccccc1. The molecule has 3 aromatic carbocycles. The van der Waals surface area contributed by atoms with E-state index in [0.29, 0.717) is 16.9 Å². The number of allylic oxidation sites excluding steroid dienone is 1. The van der Waals surface area contributed by atoms with E-state index in [4.69, 9.17) is 0 Å². The Bertz CT molecular complexity index is 1460. The number of fused-ring (bicyclic) bond motifs is 1. The first kappa shape index (κ1) is 18.6. The van der Waals surface area contributed by atoms with Gasteiger partial charge in [-0.15, -0.1) is 0 Å². The number of aliphatic imine (C=N–C) groups is 1. The quantitative estimate of drug-likeness (QED) is 0.559. The van der Waals surface area contributed by atoms with Crippen molar-refractivity contribution < 1.29 is 5.11 Å².